The van der Waals surface area contributed by atoms with E-state index < -0.39 is 0 Å². The Balaban J connectivity index is 0.000000271. The monoisotopic (exact) mass is 406 g/mol. The van der Waals surface area contributed by atoms with E-state index in [2.05, 4.69) is 26.9 Å². The molecule has 0 amide bonds. The quantitative estimate of drug-likeness (QED) is 0.809. The van der Waals surface area contributed by atoms with Crippen molar-refractivity contribution in [3.05, 3.63) is 23.6 Å². The van der Waals surface area contributed by atoms with Crippen molar-refractivity contribution in [2.45, 2.75) is 64.0 Å². The lowest BCUT2D eigenvalue weighted by atomic mass is 9.98. The molecule has 0 atom stereocenters. The van der Waals surface area contributed by atoms with E-state index in [4.69, 9.17) is 22.4 Å². The van der Waals surface area contributed by atoms with Gasteiger partial charge in [0.1, 0.15) is 0 Å². The first-order chi connectivity index (χ1) is 13.6. The molecule has 28 heavy (non-hydrogen) atoms. The molecule has 2 fully saturated rings. The molecule has 0 bridgehead atoms. The molecule has 0 unspecified atom stereocenters. The van der Waals surface area contributed by atoms with E-state index in [9.17, 15) is 0 Å². The van der Waals surface area contributed by atoms with Crippen molar-refractivity contribution in [2.24, 2.45) is 0 Å². The first kappa shape index (κ1) is 21.0. The summed E-state index contributed by atoms with van der Waals surface area (Å²) in [5.74, 6) is 0.221. The van der Waals surface area contributed by atoms with Crippen molar-refractivity contribution in [1.82, 2.24) is 24.6 Å². The van der Waals surface area contributed by atoms with Gasteiger partial charge >= 0.3 is 0 Å². The Morgan fingerprint density at radius 2 is 1.86 bits per heavy atom. The van der Waals surface area contributed by atoms with Gasteiger partial charge in [-0.05, 0) is 32.2 Å². The summed E-state index contributed by atoms with van der Waals surface area (Å²) < 4.78 is 2.02. The number of anilines is 1. The SMILES string of the molecule is CCN1CCC(n2cc(-c3nc(N)ncc3Cl)cn2)CC1.OC1CCCCC1. The summed E-state index contributed by atoms with van der Waals surface area (Å²) in [7, 11) is 0. The van der Waals surface area contributed by atoms with Crippen LogP contribution in [0, 0.1) is 0 Å². The van der Waals surface area contributed by atoms with Crippen LogP contribution in [0.2, 0.25) is 5.02 Å². The van der Waals surface area contributed by atoms with Crippen molar-refractivity contribution in [2.75, 3.05) is 25.4 Å². The number of nitrogens with two attached hydrogens (primary N) is 1. The Morgan fingerprint density at radius 3 is 2.46 bits per heavy atom. The number of halogens is 1. The molecule has 1 aliphatic carbocycles. The second-order valence-corrected chi connectivity index (χ2v) is 8.00. The predicted molar refractivity (Wildman–Crippen MR) is 112 cm³/mol. The van der Waals surface area contributed by atoms with Crippen LogP contribution in [-0.4, -0.2) is 55.5 Å². The third-order valence-corrected chi connectivity index (χ3v) is 5.87. The molecule has 154 valence electrons. The Morgan fingerprint density at radius 1 is 1.14 bits per heavy atom. The lowest BCUT2D eigenvalue weighted by Crippen LogP contribution is -2.34. The van der Waals surface area contributed by atoms with E-state index in [-0.39, 0.29) is 12.1 Å². The molecule has 1 saturated heterocycles. The lowest BCUT2D eigenvalue weighted by Gasteiger charge is -2.31. The second kappa shape index (κ2) is 10.2. The molecular formula is C20H31ClN6O. The van der Waals surface area contributed by atoms with E-state index >= 15 is 0 Å². The number of hydrogen-bond acceptors (Lipinski definition) is 6. The van der Waals surface area contributed by atoms with Crippen LogP contribution < -0.4 is 5.73 Å². The molecule has 4 rings (SSSR count). The molecule has 7 nitrogen and oxygen atoms in total. The van der Waals surface area contributed by atoms with Gasteiger partial charge in [-0.2, -0.15) is 5.10 Å². The molecule has 2 aromatic heterocycles. The van der Waals surface area contributed by atoms with Gasteiger partial charge in [-0.25, -0.2) is 9.97 Å². The highest BCUT2D eigenvalue weighted by atomic mass is 35.5. The first-order valence-corrected chi connectivity index (χ1v) is 10.7. The lowest BCUT2D eigenvalue weighted by molar-refractivity contribution is 0.130. The second-order valence-electron chi connectivity index (χ2n) is 7.59. The Bertz CT molecular complexity index is 738. The van der Waals surface area contributed by atoms with Gasteiger partial charge in [-0.3, -0.25) is 4.68 Å². The Kier molecular flexibility index (Phi) is 7.65. The summed E-state index contributed by atoms with van der Waals surface area (Å²) in [4.78, 5) is 10.5. The van der Waals surface area contributed by atoms with E-state index in [0.717, 1.165) is 50.9 Å². The zero-order valence-corrected chi connectivity index (χ0v) is 17.4. The zero-order valence-electron chi connectivity index (χ0n) is 16.6. The fourth-order valence-electron chi connectivity index (χ4n) is 3.82. The highest BCUT2D eigenvalue weighted by molar-refractivity contribution is 6.32. The molecule has 3 heterocycles. The number of hydrogen-bond donors (Lipinski definition) is 2. The molecule has 3 N–H and O–H groups in total. The molecule has 2 aliphatic rings. The number of piperidine rings is 1. The van der Waals surface area contributed by atoms with Crippen LogP contribution >= 0.6 is 11.6 Å². The van der Waals surface area contributed by atoms with Crippen LogP contribution in [0.15, 0.2) is 18.6 Å². The van der Waals surface area contributed by atoms with Crippen LogP contribution in [0.1, 0.15) is 57.9 Å². The third kappa shape index (κ3) is 5.65. The summed E-state index contributed by atoms with van der Waals surface area (Å²) in [6.45, 7) is 5.57. The minimum atomic E-state index is 0.0359. The van der Waals surface area contributed by atoms with E-state index in [1.807, 2.05) is 10.9 Å². The smallest absolute Gasteiger partial charge is 0.220 e. The first-order valence-electron chi connectivity index (χ1n) is 10.3. The van der Waals surface area contributed by atoms with Crippen molar-refractivity contribution < 1.29 is 5.11 Å². The fraction of sp³-hybridized carbons (Fsp3) is 0.650. The number of nitrogens with zero attached hydrogens (tertiary/aromatic N) is 5. The maximum absolute atomic E-state index is 8.91. The number of likely N-dealkylation sites (tertiary alicyclic amines) is 1. The summed E-state index contributed by atoms with van der Waals surface area (Å²) in [5.41, 5.74) is 7.15. The van der Waals surface area contributed by atoms with Gasteiger partial charge in [0.15, 0.2) is 0 Å². The van der Waals surface area contributed by atoms with Crippen molar-refractivity contribution >= 4 is 17.5 Å². The average molecular weight is 407 g/mol. The maximum atomic E-state index is 8.91. The average Bonchev–Trinajstić information content (AvgIpc) is 3.21. The van der Waals surface area contributed by atoms with Gasteiger partial charge < -0.3 is 15.7 Å². The van der Waals surface area contributed by atoms with Gasteiger partial charge in [0.2, 0.25) is 5.95 Å². The topological polar surface area (TPSA) is 93.1 Å². The van der Waals surface area contributed by atoms with E-state index in [1.165, 1.54) is 25.5 Å². The number of aromatic nitrogens is 4. The highest BCUT2D eigenvalue weighted by Gasteiger charge is 2.21. The molecule has 1 saturated carbocycles. The molecule has 0 radical (unpaired) electrons. The van der Waals surface area contributed by atoms with Gasteiger partial charge in [-0.1, -0.05) is 37.8 Å². The highest BCUT2D eigenvalue weighted by Crippen LogP contribution is 2.28. The Hall–Kier alpha value is -1.70. The van der Waals surface area contributed by atoms with Crippen LogP contribution in [-0.2, 0) is 0 Å². The zero-order chi connectivity index (χ0) is 19.9. The molecule has 2 aromatic rings. The summed E-state index contributed by atoms with van der Waals surface area (Å²) in [5, 5.41) is 13.9. The summed E-state index contributed by atoms with van der Waals surface area (Å²) >= 11 is 6.14. The minimum Gasteiger partial charge on any atom is -0.393 e. The molecule has 8 heteroatoms. The van der Waals surface area contributed by atoms with Crippen LogP contribution in [0.5, 0.6) is 0 Å². The normalized spacial score (nSPS) is 19.2. The van der Waals surface area contributed by atoms with Gasteiger partial charge in [0.05, 0.1) is 35.3 Å². The van der Waals surface area contributed by atoms with Gasteiger partial charge in [0, 0.05) is 24.8 Å². The van der Waals surface area contributed by atoms with Crippen molar-refractivity contribution in [1.29, 1.82) is 0 Å². The molecule has 0 spiro atoms. The predicted octanol–water partition coefficient (Wildman–Crippen LogP) is 3.54. The number of aliphatic hydroxyl groups is 1. The van der Waals surface area contributed by atoms with Crippen molar-refractivity contribution in [3.8, 4) is 11.3 Å². The van der Waals surface area contributed by atoms with E-state index in [1.54, 1.807) is 6.20 Å². The third-order valence-electron chi connectivity index (χ3n) is 5.59. The van der Waals surface area contributed by atoms with Crippen LogP contribution in [0.3, 0.4) is 0 Å². The van der Waals surface area contributed by atoms with Gasteiger partial charge in [-0.15, -0.1) is 0 Å². The standard InChI is InChI=1S/C14H19ClN6.C6H12O/c1-2-20-5-3-11(4-6-20)21-9-10(7-18-21)13-12(15)8-17-14(16)19-13;7-6-4-2-1-3-5-6/h7-9,11H,2-6H2,1H3,(H2,16,17,19);6-7H,1-5H2. The number of rotatable bonds is 3. The van der Waals surface area contributed by atoms with Crippen molar-refractivity contribution in [3.63, 3.8) is 0 Å². The molecule has 0 aromatic carbocycles. The van der Waals surface area contributed by atoms with Crippen LogP contribution in [0.25, 0.3) is 11.3 Å². The molecule has 1 aliphatic heterocycles. The summed E-state index contributed by atoms with van der Waals surface area (Å²) in [6.07, 6.45) is 13.5. The number of nitrogen functional groups attached to an aromatic ring is 1. The Labute approximate surface area is 171 Å². The minimum absolute atomic E-state index is 0.0359. The molecular weight excluding hydrogens is 376 g/mol. The fourth-order valence-corrected chi connectivity index (χ4v) is 4.02. The van der Waals surface area contributed by atoms with E-state index in [0.29, 0.717) is 16.8 Å². The van der Waals surface area contributed by atoms with Crippen LogP contribution in [0.4, 0.5) is 5.95 Å². The maximum Gasteiger partial charge on any atom is 0.220 e. The summed E-state index contributed by atoms with van der Waals surface area (Å²) in [6, 6.07) is 0.444. The van der Waals surface area contributed by atoms with Gasteiger partial charge in [0.25, 0.3) is 0 Å². The number of aliphatic hydroxyl groups excluding tert-OH is 1. The largest absolute Gasteiger partial charge is 0.393 e.